The Morgan fingerprint density at radius 3 is 2.33 bits per heavy atom. The summed E-state index contributed by atoms with van der Waals surface area (Å²) in [4.78, 5) is 51.8. The van der Waals surface area contributed by atoms with E-state index in [1.165, 1.54) is 22.9 Å². The first-order chi connectivity index (χ1) is 21.9. The standard InChI is InChI=1S/C32H43ClN4O8/c1-2-23-20-28(45-27(23)22-38)37-21-26(31(41)36-32(37)42)8-7-14-34-29(39)24-9-11-25(12-10-24)30(40)35-15-17-44-19-18-43-16-6-4-3-5-13-33/h9-12,21,23,27-28,38H,2-6,13-20,22H2,1H3,(H,34,39)(H,35,40)(H,36,41,42)/t23?,27-,28-/m1/s1. The normalized spacial score (nSPS) is 17.4. The number of aliphatic hydroxyl groups is 1. The van der Waals surface area contributed by atoms with Gasteiger partial charge in [0.05, 0.1) is 39.1 Å². The highest BCUT2D eigenvalue weighted by atomic mass is 35.5. The molecule has 246 valence electrons. The number of carbonyl (C=O) groups excluding carboxylic acids is 2. The van der Waals surface area contributed by atoms with Crippen LogP contribution in [0.3, 0.4) is 0 Å². The fraction of sp³-hybridized carbons (Fsp3) is 0.562. The summed E-state index contributed by atoms with van der Waals surface area (Å²) >= 11 is 5.65. The molecular formula is C32H43ClN4O8. The topological polar surface area (TPSA) is 161 Å². The van der Waals surface area contributed by atoms with Gasteiger partial charge in [-0.15, -0.1) is 11.6 Å². The second kappa shape index (κ2) is 19.8. The van der Waals surface area contributed by atoms with Crippen LogP contribution >= 0.6 is 11.6 Å². The lowest BCUT2D eigenvalue weighted by molar-refractivity contribution is -0.0328. The number of nitrogens with zero attached hydrogens (tertiary/aromatic N) is 1. The number of unbranched alkanes of at least 4 members (excludes halogenated alkanes) is 3. The smallest absolute Gasteiger partial charge is 0.330 e. The highest BCUT2D eigenvalue weighted by Gasteiger charge is 2.35. The van der Waals surface area contributed by atoms with Crippen LogP contribution in [0.2, 0.25) is 0 Å². The molecule has 0 spiro atoms. The van der Waals surface area contributed by atoms with E-state index in [1.54, 1.807) is 12.1 Å². The molecule has 2 aromatic rings. The van der Waals surface area contributed by atoms with Crippen molar-refractivity contribution in [2.75, 3.05) is 52.0 Å². The molecule has 13 heteroatoms. The number of benzene rings is 1. The summed E-state index contributed by atoms with van der Waals surface area (Å²) < 4.78 is 18.1. The number of aliphatic hydroxyl groups excluding tert-OH is 1. The summed E-state index contributed by atoms with van der Waals surface area (Å²) in [6.07, 6.45) is 5.91. The quantitative estimate of drug-likeness (QED) is 0.109. The Morgan fingerprint density at radius 2 is 1.69 bits per heavy atom. The molecule has 1 aromatic heterocycles. The highest BCUT2D eigenvalue weighted by Crippen LogP contribution is 2.34. The Bertz CT molecular complexity index is 1390. The summed E-state index contributed by atoms with van der Waals surface area (Å²) in [7, 11) is 0. The Balaban J connectivity index is 1.38. The molecule has 2 heterocycles. The molecule has 1 saturated heterocycles. The van der Waals surface area contributed by atoms with E-state index in [9.17, 15) is 24.3 Å². The number of ether oxygens (including phenoxy) is 3. The van der Waals surface area contributed by atoms with Crippen LogP contribution in [0.1, 0.15) is 78.0 Å². The zero-order valence-electron chi connectivity index (χ0n) is 25.6. The monoisotopic (exact) mass is 646 g/mol. The second-order valence-electron chi connectivity index (χ2n) is 10.6. The van der Waals surface area contributed by atoms with Crippen LogP contribution in [0.4, 0.5) is 0 Å². The molecule has 1 fully saturated rings. The van der Waals surface area contributed by atoms with Gasteiger partial charge in [0.25, 0.3) is 17.4 Å². The predicted octanol–water partition coefficient (Wildman–Crippen LogP) is 2.19. The highest BCUT2D eigenvalue weighted by molar-refractivity contribution is 6.17. The van der Waals surface area contributed by atoms with E-state index in [0.29, 0.717) is 56.4 Å². The number of rotatable bonds is 18. The summed E-state index contributed by atoms with van der Waals surface area (Å²) in [5.41, 5.74) is -0.478. The van der Waals surface area contributed by atoms with E-state index in [0.717, 1.165) is 32.1 Å². The molecule has 0 radical (unpaired) electrons. The number of hydrogen-bond acceptors (Lipinski definition) is 8. The molecule has 3 rings (SSSR count). The number of halogens is 1. The van der Waals surface area contributed by atoms with E-state index in [-0.39, 0.29) is 36.6 Å². The number of amides is 2. The van der Waals surface area contributed by atoms with Crippen molar-refractivity contribution in [3.8, 4) is 11.8 Å². The minimum atomic E-state index is -0.645. The number of H-pyrrole nitrogens is 1. The van der Waals surface area contributed by atoms with Crippen molar-refractivity contribution < 1.29 is 28.9 Å². The van der Waals surface area contributed by atoms with Gasteiger partial charge in [-0.2, -0.15) is 0 Å². The van der Waals surface area contributed by atoms with E-state index >= 15 is 0 Å². The van der Waals surface area contributed by atoms with Gasteiger partial charge in [-0.3, -0.25) is 23.9 Å². The van der Waals surface area contributed by atoms with Crippen LogP contribution < -0.4 is 21.9 Å². The van der Waals surface area contributed by atoms with Crippen molar-refractivity contribution in [1.82, 2.24) is 20.2 Å². The molecule has 12 nitrogen and oxygen atoms in total. The fourth-order valence-electron chi connectivity index (χ4n) is 4.82. The van der Waals surface area contributed by atoms with Crippen LogP contribution in [0, 0.1) is 17.8 Å². The van der Waals surface area contributed by atoms with Crippen LogP contribution in [-0.4, -0.2) is 84.6 Å². The molecule has 0 bridgehead atoms. The number of aromatic nitrogens is 2. The van der Waals surface area contributed by atoms with Crippen LogP contribution in [0.25, 0.3) is 0 Å². The molecule has 3 atom stereocenters. The van der Waals surface area contributed by atoms with E-state index < -0.39 is 23.4 Å². The molecular weight excluding hydrogens is 604 g/mol. The third-order valence-electron chi connectivity index (χ3n) is 7.39. The minimum Gasteiger partial charge on any atom is -0.394 e. The Morgan fingerprint density at radius 1 is 1.02 bits per heavy atom. The molecule has 1 unspecified atom stereocenters. The lowest BCUT2D eigenvalue weighted by atomic mass is 9.98. The van der Waals surface area contributed by atoms with E-state index in [1.807, 2.05) is 6.92 Å². The van der Waals surface area contributed by atoms with Gasteiger partial charge in [0, 0.05) is 36.4 Å². The van der Waals surface area contributed by atoms with Gasteiger partial charge in [0.1, 0.15) is 11.8 Å². The second-order valence-corrected chi connectivity index (χ2v) is 10.9. The molecule has 1 aliphatic rings. The molecule has 1 aromatic carbocycles. The lowest BCUT2D eigenvalue weighted by Crippen LogP contribution is -2.33. The van der Waals surface area contributed by atoms with Gasteiger partial charge in [0.2, 0.25) is 0 Å². The number of carbonyl (C=O) groups is 2. The lowest BCUT2D eigenvalue weighted by Gasteiger charge is -2.15. The summed E-state index contributed by atoms with van der Waals surface area (Å²) in [5.74, 6) is 5.52. The van der Waals surface area contributed by atoms with E-state index in [2.05, 4.69) is 27.5 Å². The van der Waals surface area contributed by atoms with Crippen molar-refractivity contribution in [3.63, 3.8) is 0 Å². The maximum absolute atomic E-state index is 12.5. The molecule has 45 heavy (non-hydrogen) atoms. The number of aromatic amines is 1. The molecule has 1 aliphatic heterocycles. The third kappa shape index (κ3) is 11.8. The van der Waals surface area contributed by atoms with Crippen LogP contribution in [0.5, 0.6) is 0 Å². The van der Waals surface area contributed by atoms with Crippen molar-refractivity contribution in [2.45, 2.75) is 57.8 Å². The van der Waals surface area contributed by atoms with Crippen molar-refractivity contribution >= 4 is 23.4 Å². The van der Waals surface area contributed by atoms with Gasteiger partial charge in [-0.1, -0.05) is 38.0 Å². The van der Waals surface area contributed by atoms with Crippen molar-refractivity contribution in [2.24, 2.45) is 5.92 Å². The molecule has 4 N–H and O–H groups in total. The van der Waals surface area contributed by atoms with Crippen LogP contribution in [0.15, 0.2) is 40.1 Å². The maximum atomic E-state index is 12.5. The fourth-order valence-corrected chi connectivity index (χ4v) is 5.01. The molecule has 0 aliphatic carbocycles. The van der Waals surface area contributed by atoms with Crippen molar-refractivity contribution in [3.05, 3.63) is 68.0 Å². The average molecular weight is 647 g/mol. The number of alkyl halides is 1. The van der Waals surface area contributed by atoms with Gasteiger partial charge < -0.3 is 30.0 Å². The third-order valence-corrected chi connectivity index (χ3v) is 7.66. The van der Waals surface area contributed by atoms with Gasteiger partial charge in [0.15, 0.2) is 0 Å². The number of nitrogens with one attached hydrogen (secondary N) is 3. The van der Waals surface area contributed by atoms with E-state index in [4.69, 9.17) is 25.8 Å². The van der Waals surface area contributed by atoms with Gasteiger partial charge >= 0.3 is 5.69 Å². The number of hydrogen-bond donors (Lipinski definition) is 4. The SMILES string of the molecule is CCC1C[C@H](n2cc(C#CCNC(=O)c3ccc(C(=O)NCCOCCOCCCCCCCl)cc3)c(=O)[nH]c2=O)O[C@@H]1CO. The summed E-state index contributed by atoms with van der Waals surface area (Å²) in [6, 6.07) is 6.17. The molecule has 0 saturated carbocycles. The first kappa shape index (κ1) is 36.0. The largest absolute Gasteiger partial charge is 0.394 e. The molecule has 2 amide bonds. The first-order valence-electron chi connectivity index (χ1n) is 15.4. The van der Waals surface area contributed by atoms with Gasteiger partial charge in [-0.05, 0) is 49.4 Å². The Hall–Kier alpha value is -3.47. The minimum absolute atomic E-state index is 0.0477. The average Bonchev–Trinajstić information content (AvgIpc) is 3.47. The Labute approximate surface area is 267 Å². The van der Waals surface area contributed by atoms with Crippen LogP contribution in [-0.2, 0) is 14.2 Å². The predicted molar refractivity (Wildman–Crippen MR) is 170 cm³/mol. The first-order valence-corrected chi connectivity index (χ1v) is 15.9. The zero-order valence-corrected chi connectivity index (χ0v) is 26.4. The maximum Gasteiger partial charge on any atom is 0.330 e. The summed E-state index contributed by atoms with van der Waals surface area (Å²) in [5, 5.41) is 15.0. The Kier molecular flexibility index (Phi) is 15.9. The van der Waals surface area contributed by atoms with Gasteiger partial charge in [-0.25, -0.2) is 4.79 Å². The summed E-state index contributed by atoms with van der Waals surface area (Å²) in [6.45, 7) is 4.14. The zero-order chi connectivity index (χ0) is 32.4. The van der Waals surface area contributed by atoms with Crippen molar-refractivity contribution in [1.29, 1.82) is 0 Å².